The molecule has 2 N–H and O–H groups in total. The zero-order valence-electron chi connectivity index (χ0n) is 15.1. The first-order chi connectivity index (χ1) is 13.3. The van der Waals surface area contributed by atoms with Crippen LogP contribution < -0.4 is 10.1 Å². The number of carbonyl (C=O) groups is 4. The number of carboxylic acids is 1. The number of ether oxygens (including phenoxy) is 2. The number of nitrogens with one attached hydrogen (secondary N) is 1. The van der Waals surface area contributed by atoms with Crippen LogP contribution in [0.15, 0.2) is 54.6 Å². The van der Waals surface area contributed by atoms with E-state index in [1.807, 2.05) is 6.07 Å². The Bertz CT molecular complexity index is 864. The molecule has 0 aliphatic carbocycles. The molecular formula is C20H19NO7. The number of hydrogen-bond acceptors (Lipinski definition) is 6. The smallest absolute Gasteiger partial charge is 0.326 e. The Morgan fingerprint density at radius 2 is 1.75 bits per heavy atom. The lowest BCUT2D eigenvalue weighted by molar-refractivity contribution is -0.150. The molecule has 28 heavy (non-hydrogen) atoms. The Labute approximate surface area is 161 Å². The topological polar surface area (TPSA) is 119 Å². The summed E-state index contributed by atoms with van der Waals surface area (Å²) in [4.78, 5) is 46.6. The molecule has 0 spiro atoms. The van der Waals surface area contributed by atoms with Crippen molar-refractivity contribution in [3.8, 4) is 5.75 Å². The van der Waals surface area contributed by atoms with Crippen molar-refractivity contribution in [2.24, 2.45) is 0 Å². The Hall–Kier alpha value is -3.68. The van der Waals surface area contributed by atoms with Crippen LogP contribution in [-0.4, -0.2) is 35.0 Å². The number of aliphatic carboxylic acids is 1. The zero-order chi connectivity index (χ0) is 20.5. The van der Waals surface area contributed by atoms with E-state index in [9.17, 15) is 24.3 Å². The first-order valence-electron chi connectivity index (χ1n) is 8.37. The lowest BCUT2D eigenvalue weighted by Gasteiger charge is -2.14. The van der Waals surface area contributed by atoms with E-state index < -0.39 is 36.3 Å². The van der Waals surface area contributed by atoms with Crippen LogP contribution in [-0.2, 0) is 25.7 Å². The summed E-state index contributed by atoms with van der Waals surface area (Å²) in [7, 11) is 0. The maximum atomic E-state index is 12.3. The summed E-state index contributed by atoms with van der Waals surface area (Å²) in [5.74, 6) is -3.26. The van der Waals surface area contributed by atoms with Gasteiger partial charge in [0.05, 0.1) is 6.42 Å². The standard InChI is InChI=1S/C20H19NO7/c1-13(22)28-16-9-5-8-15(10-16)19(24)21-17(20(25)26)11-18(23)27-12-14-6-3-2-4-7-14/h2-10,17H,11-12H2,1H3,(H,21,24)(H,25,26)/t17-/m0/s1. The Morgan fingerprint density at radius 3 is 2.39 bits per heavy atom. The van der Waals surface area contributed by atoms with E-state index in [-0.39, 0.29) is 17.9 Å². The molecule has 0 aliphatic rings. The highest BCUT2D eigenvalue weighted by atomic mass is 16.5. The normalized spacial score (nSPS) is 11.2. The second-order valence-corrected chi connectivity index (χ2v) is 5.84. The summed E-state index contributed by atoms with van der Waals surface area (Å²) in [6.07, 6.45) is -0.530. The van der Waals surface area contributed by atoms with Gasteiger partial charge in [0.2, 0.25) is 0 Å². The maximum absolute atomic E-state index is 12.3. The highest BCUT2D eigenvalue weighted by Crippen LogP contribution is 2.14. The fourth-order valence-corrected chi connectivity index (χ4v) is 2.27. The summed E-state index contributed by atoms with van der Waals surface area (Å²) >= 11 is 0. The number of esters is 2. The first-order valence-corrected chi connectivity index (χ1v) is 8.37. The highest BCUT2D eigenvalue weighted by Gasteiger charge is 2.25. The molecule has 146 valence electrons. The third kappa shape index (κ3) is 6.56. The molecule has 0 saturated carbocycles. The Balaban J connectivity index is 1.96. The van der Waals surface area contributed by atoms with E-state index in [1.54, 1.807) is 24.3 Å². The molecule has 2 aromatic carbocycles. The lowest BCUT2D eigenvalue weighted by Crippen LogP contribution is -2.42. The molecule has 2 rings (SSSR count). The van der Waals surface area contributed by atoms with E-state index in [0.29, 0.717) is 0 Å². The van der Waals surface area contributed by atoms with E-state index >= 15 is 0 Å². The van der Waals surface area contributed by atoms with Gasteiger partial charge in [-0.2, -0.15) is 0 Å². The Morgan fingerprint density at radius 1 is 1.04 bits per heavy atom. The molecule has 1 amide bonds. The maximum Gasteiger partial charge on any atom is 0.326 e. The summed E-state index contributed by atoms with van der Waals surface area (Å²) in [6.45, 7) is 1.22. The quantitative estimate of drug-likeness (QED) is 0.526. The fourth-order valence-electron chi connectivity index (χ4n) is 2.27. The number of hydrogen-bond donors (Lipinski definition) is 2. The van der Waals surface area contributed by atoms with Gasteiger partial charge in [0.1, 0.15) is 18.4 Å². The van der Waals surface area contributed by atoms with Gasteiger partial charge in [0.25, 0.3) is 5.91 Å². The minimum Gasteiger partial charge on any atom is -0.480 e. The monoisotopic (exact) mass is 385 g/mol. The van der Waals surface area contributed by atoms with Gasteiger partial charge in [-0.25, -0.2) is 4.79 Å². The van der Waals surface area contributed by atoms with E-state index in [1.165, 1.54) is 31.2 Å². The molecule has 0 aliphatic heterocycles. The lowest BCUT2D eigenvalue weighted by atomic mass is 10.1. The molecule has 0 fully saturated rings. The summed E-state index contributed by atoms with van der Waals surface area (Å²) in [6, 6.07) is 13.1. The van der Waals surface area contributed by atoms with Crippen molar-refractivity contribution in [1.29, 1.82) is 0 Å². The van der Waals surface area contributed by atoms with Gasteiger partial charge in [-0.3, -0.25) is 14.4 Å². The predicted molar refractivity (Wildman–Crippen MR) is 97.5 cm³/mol. The average Bonchev–Trinajstić information content (AvgIpc) is 2.66. The van der Waals surface area contributed by atoms with Gasteiger partial charge in [0, 0.05) is 12.5 Å². The summed E-state index contributed by atoms with van der Waals surface area (Å²) < 4.78 is 9.93. The van der Waals surface area contributed by atoms with Crippen LogP contribution in [0.4, 0.5) is 0 Å². The van der Waals surface area contributed by atoms with Crippen molar-refractivity contribution < 1.29 is 33.8 Å². The molecule has 0 heterocycles. The molecule has 0 saturated heterocycles. The number of carboxylic acid groups (broad SMARTS) is 1. The van der Waals surface area contributed by atoms with Crippen molar-refractivity contribution >= 4 is 23.8 Å². The van der Waals surface area contributed by atoms with Crippen LogP contribution in [0.5, 0.6) is 5.75 Å². The van der Waals surface area contributed by atoms with Crippen molar-refractivity contribution in [2.75, 3.05) is 0 Å². The SMILES string of the molecule is CC(=O)Oc1cccc(C(=O)N[C@@H](CC(=O)OCc2ccccc2)C(=O)O)c1. The van der Waals surface area contributed by atoms with Crippen LogP contribution in [0.25, 0.3) is 0 Å². The number of carbonyl (C=O) groups excluding carboxylic acids is 3. The van der Waals surface area contributed by atoms with E-state index in [2.05, 4.69) is 5.32 Å². The molecule has 0 radical (unpaired) electrons. The van der Waals surface area contributed by atoms with Gasteiger partial charge >= 0.3 is 17.9 Å². The van der Waals surface area contributed by atoms with Crippen molar-refractivity contribution in [3.63, 3.8) is 0 Å². The predicted octanol–water partition coefficient (Wildman–Crippen LogP) is 1.93. The van der Waals surface area contributed by atoms with Gasteiger partial charge in [-0.05, 0) is 23.8 Å². The number of benzene rings is 2. The fraction of sp³-hybridized carbons (Fsp3) is 0.200. The molecule has 8 nitrogen and oxygen atoms in total. The van der Waals surface area contributed by atoms with Gasteiger partial charge in [-0.15, -0.1) is 0 Å². The third-order valence-corrected chi connectivity index (χ3v) is 3.57. The molecule has 2 aromatic rings. The molecule has 0 bridgehead atoms. The van der Waals surface area contributed by atoms with Crippen molar-refractivity contribution in [2.45, 2.75) is 26.0 Å². The van der Waals surface area contributed by atoms with Gasteiger partial charge in [0.15, 0.2) is 0 Å². The Kier molecular flexibility index (Phi) is 7.27. The number of rotatable bonds is 8. The molecule has 8 heteroatoms. The largest absolute Gasteiger partial charge is 0.480 e. The minimum absolute atomic E-state index is 0.00435. The zero-order valence-corrected chi connectivity index (χ0v) is 15.1. The molecule has 1 atom stereocenters. The minimum atomic E-state index is -1.46. The summed E-state index contributed by atoms with van der Waals surface area (Å²) in [5, 5.41) is 11.5. The van der Waals surface area contributed by atoms with Crippen LogP contribution in [0.3, 0.4) is 0 Å². The number of amides is 1. The van der Waals surface area contributed by atoms with E-state index in [4.69, 9.17) is 9.47 Å². The molecule has 0 unspecified atom stereocenters. The van der Waals surface area contributed by atoms with Crippen LogP contribution in [0.1, 0.15) is 29.3 Å². The van der Waals surface area contributed by atoms with Crippen molar-refractivity contribution in [3.05, 3.63) is 65.7 Å². The highest BCUT2D eigenvalue weighted by molar-refractivity contribution is 5.97. The van der Waals surface area contributed by atoms with Crippen LogP contribution in [0, 0.1) is 0 Å². The molecule has 0 aromatic heterocycles. The first kappa shape index (κ1) is 20.6. The third-order valence-electron chi connectivity index (χ3n) is 3.57. The second kappa shape index (κ2) is 9.86. The van der Waals surface area contributed by atoms with Gasteiger partial charge in [-0.1, -0.05) is 36.4 Å². The second-order valence-electron chi connectivity index (χ2n) is 5.84. The van der Waals surface area contributed by atoms with E-state index in [0.717, 1.165) is 5.56 Å². The van der Waals surface area contributed by atoms with Crippen LogP contribution in [0.2, 0.25) is 0 Å². The average molecular weight is 385 g/mol. The summed E-state index contributed by atoms with van der Waals surface area (Å²) in [5.41, 5.74) is 0.844. The van der Waals surface area contributed by atoms with Crippen molar-refractivity contribution in [1.82, 2.24) is 5.32 Å². The van der Waals surface area contributed by atoms with Crippen LogP contribution >= 0.6 is 0 Å². The molecular weight excluding hydrogens is 366 g/mol. The van der Waals surface area contributed by atoms with Gasteiger partial charge < -0.3 is 19.9 Å².